The van der Waals surface area contributed by atoms with E-state index < -0.39 is 0 Å². The van der Waals surface area contributed by atoms with Crippen molar-refractivity contribution in [2.45, 2.75) is 13.8 Å². The molecule has 1 saturated heterocycles. The molecule has 4 nitrogen and oxygen atoms in total. The zero-order valence-electron chi connectivity index (χ0n) is 9.78. The monoisotopic (exact) mass is 297 g/mol. The lowest BCUT2D eigenvalue weighted by Gasteiger charge is -2.26. The first-order valence-corrected chi connectivity index (χ1v) is 5.91. The molecule has 2 heterocycles. The van der Waals surface area contributed by atoms with E-state index in [-0.39, 0.29) is 30.7 Å². The molecule has 1 aromatic rings. The third-order valence-corrected chi connectivity index (χ3v) is 3.60. The molecule has 7 heteroatoms. The van der Waals surface area contributed by atoms with Gasteiger partial charge in [0.15, 0.2) is 0 Å². The summed E-state index contributed by atoms with van der Waals surface area (Å²) in [5.74, 6) is 0.619. The average molecular weight is 298 g/mol. The third-order valence-electron chi connectivity index (χ3n) is 2.53. The largest absolute Gasteiger partial charge is 0.351 e. The number of rotatable bonds is 3. The molecule has 1 aliphatic rings. The number of halogens is 2. The van der Waals surface area contributed by atoms with Gasteiger partial charge in [0.25, 0.3) is 5.91 Å². The van der Waals surface area contributed by atoms with E-state index >= 15 is 0 Å². The summed E-state index contributed by atoms with van der Waals surface area (Å²) in [5, 5.41) is 7.07. The maximum absolute atomic E-state index is 11.8. The highest BCUT2D eigenvalue weighted by molar-refractivity contribution is 7.13. The summed E-state index contributed by atoms with van der Waals surface area (Å²) >= 11 is 1.46. The topological polar surface area (TPSA) is 54.0 Å². The number of hydrogen-bond acceptors (Lipinski definition) is 4. The first kappa shape index (κ1) is 16.6. The number of nitrogens with one attached hydrogen (secondary N) is 2. The maximum Gasteiger partial charge on any atom is 0.263 e. The Morgan fingerprint density at radius 2 is 2.12 bits per heavy atom. The molecule has 98 valence electrons. The van der Waals surface area contributed by atoms with Crippen LogP contribution in [0.2, 0.25) is 0 Å². The van der Waals surface area contributed by atoms with Crippen molar-refractivity contribution < 1.29 is 4.79 Å². The number of nitrogens with zero attached hydrogens (tertiary/aromatic N) is 1. The number of amides is 1. The van der Waals surface area contributed by atoms with E-state index in [0.29, 0.717) is 5.92 Å². The van der Waals surface area contributed by atoms with Crippen LogP contribution in [0.1, 0.15) is 20.4 Å². The minimum atomic E-state index is 0. The van der Waals surface area contributed by atoms with Crippen molar-refractivity contribution in [3.8, 4) is 0 Å². The third kappa shape index (κ3) is 4.10. The molecule has 2 rings (SSSR count). The van der Waals surface area contributed by atoms with Crippen LogP contribution in [0.3, 0.4) is 0 Å². The van der Waals surface area contributed by atoms with E-state index in [0.717, 1.165) is 35.2 Å². The van der Waals surface area contributed by atoms with Crippen molar-refractivity contribution in [1.82, 2.24) is 15.6 Å². The van der Waals surface area contributed by atoms with Gasteiger partial charge in [-0.3, -0.25) is 4.79 Å². The highest BCUT2D eigenvalue weighted by Crippen LogP contribution is 2.16. The van der Waals surface area contributed by atoms with Gasteiger partial charge in [-0.1, -0.05) is 0 Å². The summed E-state index contributed by atoms with van der Waals surface area (Å²) in [4.78, 5) is 16.8. The zero-order chi connectivity index (χ0) is 10.8. The second kappa shape index (κ2) is 7.16. The van der Waals surface area contributed by atoms with Gasteiger partial charge in [-0.15, -0.1) is 36.2 Å². The first-order valence-electron chi connectivity index (χ1n) is 5.09. The van der Waals surface area contributed by atoms with Crippen molar-refractivity contribution >= 4 is 42.1 Å². The molecule has 1 fully saturated rings. The van der Waals surface area contributed by atoms with Gasteiger partial charge in [0, 0.05) is 25.6 Å². The van der Waals surface area contributed by atoms with Gasteiger partial charge >= 0.3 is 0 Å². The summed E-state index contributed by atoms with van der Waals surface area (Å²) in [6, 6.07) is 0. The molecule has 2 N–H and O–H groups in total. The van der Waals surface area contributed by atoms with Gasteiger partial charge in [0.2, 0.25) is 0 Å². The number of carbonyl (C=O) groups is 1. The van der Waals surface area contributed by atoms with Crippen LogP contribution >= 0.6 is 36.2 Å². The van der Waals surface area contributed by atoms with Crippen LogP contribution in [0.25, 0.3) is 0 Å². The van der Waals surface area contributed by atoms with E-state index in [1.807, 2.05) is 13.8 Å². The number of aromatic nitrogens is 1. The fourth-order valence-electron chi connectivity index (χ4n) is 1.55. The molecule has 0 saturated carbocycles. The Kier molecular flexibility index (Phi) is 7.01. The normalized spacial score (nSPS) is 14.2. The second-order valence-corrected chi connectivity index (χ2v) is 5.08. The average Bonchev–Trinajstić information content (AvgIpc) is 2.42. The molecule has 1 aromatic heterocycles. The van der Waals surface area contributed by atoms with Crippen LogP contribution in [-0.2, 0) is 0 Å². The molecular formula is C10H17Cl2N3OS. The molecular weight excluding hydrogens is 281 g/mol. The highest BCUT2D eigenvalue weighted by atomic mass is 35.5. The quantitative estimate of drug-likeness (QED) is 0.890. The molecule has 1 aliphatic heterocycles. The Labute approximate surface area is 117 Å². The molecule has 17 heavy (non-hydrogen) atoms. The van der Waals surface area contributed by atoms with Gasteiger partial charge in [0.1, 0.15) is 4.88 Å². The van der Waals surface area contributed by atoms with Gasteiger partial charge in [-0.2, -0.15) is 0 Å². The molecule has 0 aromatic carbocycles. The van der Waals surface area contributed by atoms with Crippen LogP contribution in [0.15, 0.2) is 0 Å². The van der Waals surface area contributed by atoms with E-state index in [9.17, 15) is 4.79 Å². The molecule has 0 aliphatic carbocycles. The van der Waals surface area contributed by atoms with Crippen LogP contribution in [0.5, 0.6) is 0 Å². The van der Waals surface area contributed by atoms with Crippen molar-refractivity contribution in [1.29, 1.82) is 0 Å². The van der Waals surface area contributed by atoms with Crippen molar-refractivity contribution in [3.63, 3.8) is 0 Å². The summed E-state index contributed by atoms with van der Waals surface area (Å²) in [6.07, 6.45) is 0. The molecule has 1 amide bonds. The minimum Gasteiger partial charge on any atom is -0.351 e. The Bertz CT molecular complexity index is 380. The Morgan fingerprint density at radius 1 is 1.47 bits per heavy atom. The molecule has 0 spiro atoms. The van der Waals surface area contributed by atoms with E-state index in [2.05, 4.69) is 15.6 Å². The zero-order valence-corrected chi connectivity index (χ0v) is 12.2. The van der Waals surface area contributed by atoms with Crippen LogP contribution in [0, 0.1) is 19.8 Å². The lowest BCUT2D eigenvalue weighted by molar-refractivity contribution is 0.0945. The van der Waals surface area contributed by atoms with Crippen LogP contribution in [0.4, 0.5) is 0 Å². The number of aryl methyl sites for hydroxylation is 2. The fourth-order valence-corrected chi connectivity index (χ4v) is 2.39. The van der Waals surface area contributed by atoms with Crippen LogP contribution < -0.4 is 10.6 Å². The lowest BCUT2D eigenvalue weighted by atomic mass is 10.0. The van der Waals surface area contributed by atoms with Crippen molar-refractivity contribution in [2.24, 2.45) is 5.92 Å². The second-order valence-electron chi connectivity index (χ2n) is 3.88. The molecule has 0 unspecified atom stereocenters. The van der Waals surface area contributed by atoms with Gasteiger partial charge in [-0.25, -0.2) is 4.98 Å². The number of thiazole rings is 1. The summed E-state index contributed by atoms with van der Waals surface area (Å²) in [6.45, 7) is 6.60. The fraction of sp³-hybridized carbons (Fsp3) is 0.600. The minimum absolute atomic E-state index is 0. The smallest absolute Gasteiger partial charge is 0.263 e. The summed E-state index contributed by atoms with van der Waals surface area (Å²) in [5.41, 5.74) is 0.835. The Hall–Kier alpha value is -0.360. The first-order chi connectivity index (χ1) is 7.16. The van der Waals surface area contributed by atoms with Gasteiger partial charge in [-0.05, 0) is 13.8 Å². The predicted octanol–water partition coefficient (Wildman–Crippen LogP) is 1.55. The highest BCUT2D eigenvalue weighted by Gasteiger charge is 2.19. The van der Waals surface area contributed by atoms with Crippen LogP contribution in [-0.4, -0.2) is 30.5 Å². The van der Waals surface area contributed by atoms with E-state index in [1.54, 1.807) is 0 Å². The standard InChI is InChI=1S/C10H15N3OS.2ClH/c1-6-9(15-7(2)13-6)10(14)12-5-8-3-11-4-8;;/h8,11H,3-5H2,1-2H3,(H,12,14);2*1H. The predicted molar refractivity (Wildman–Crippen MR) is 74.8 cm³/mol. The Morgan fingerprint density at radius 3 is 2.53 bits per heavy atom. The van der Waals surface area contributed by atoms with Crippen molar-refractivity contribution in [3.05, 3.63) is 15.6 Å². The molecule has 0 atom stereocenters. The molecule has 0 bridgehead atoms. The van der Waals surface area contributed by atoms with E-state index in [4.69, 9.17) is 0 Å². The number of hydrogen-bond donors (Lipinski definition) is 2. The SMILES string of the molecule is Cc1nc(C)c(C(=O)NCC2CNC2)s1.Cl.Cl. The van der Waals surface area contributed by atoms with Crippen molar-refractivity contribution in [2.75, 3.05) is 19.6 Å². The lowest BCUT2D eigenvalue weighted by Crippen LogP contribution is -2.48. The number of carbonyl (C=O) groups excluding carboxylic acids is 1. The summed E-state index contributed by atoms with van der Waals surface area (Å²) in [7, 11) is 0. The Balaban J connectivity index is 0.00000128. The van der Waals surface area contributed by atoms with Gasteiger partial charge in [0.05, 0.1) is 10.7 Å². The maximum atomic E-state index is 11.8. The summed E-state index contributed by atoms with van der Waals surface area (Å²) < 4.78 is 0. The van der Waals surface area contributed by atoms with E-state index in [1.165, 1.54) is 11.3 Å². The molecule has 0 radical (unpaired) electrons. The van der Waals surface area contributed by atoms with Gasteiger partial charge < -0.3 is 10.6 Å².